The predicted molar refractivity (Wildman–Crippen MR) is 145 cm³/mol. The zero-order chi connectivity index (χ0) is 28.0. The van der Waals surface area contributed by atoms with E-state index in [-0.39, 0.29) is 6.61 Å². The summed E-state index contributed by atoms with van der Waals surface area (Å²) in [6, 6.07) is 1.24. The molecule has 1 saturated heterocycles. The van der Waals surface area contributed by atoms with Crippen LogP contribution in [0.1, 0.15) is 77.3 Å². The fourth-order valence-corrected chi connectivity index (χ4v) is 5.58. The predicted octanol–water partition coefficient (Wildman–Crippen LogP) is 5.55. The number of fused-ring (bicyclic) bond motifs is 2. The summed E-state index contributed by atoms with van der Waals surface area (Å²) in [5, 5.41) is 10.8. The van der Waals surface area contributed by atoms with Crippen LogP contribution in [0, 0.1) is 13.8 Å². The summed E-state index contributed by atoms with van der Waals surface area (Å²) >= 11 is 0. The monoisotopic (exact) mass is 531 g/mol. The third kappa shape index (κ3) is 5.38. The molecule has 0 aliphatic carbocycles. The summed E-state index contributed by atoms with van der Waals surface area (Å²) in [6.07, 6.45) is 10.2. The minimum Gasteiger partial charge on any atom is -0.444 e. The van der Waals surface area contributed by atoms with E-state index in [9.17, 15) is 9.90 Å². The topological polar surface area (TPSA) is 66.9 Å². The lowest BCUT2D eigenvalue weighted by molar-refractivity contribution is -0.362. The lowest BCUT2D eigenvalue weighted by Gasteiger charge is -2.36. The zero-order valence-corrected chi connectivity index (χ0v) is 23.5. The standard InChI is InChI=1S/C28H40BF2N3O4/c1-19-16-20(2)33-23(19)17-22-15-14-21(34(22)29(33,30)31)12-10-8-9-11-13-25(35)24-18-37-28(6,7)32(24)26(36)38-27(3,4)5/h11,13-17,24-25,35H,8-10,12,18H2,1-7H3/b13-11+/t24-,25+/m0/s1. The molecule has 3 aliphatic heterocycles. The Kier molecular flexibility index (Phi) is 7.53. The van der Waals surface area contributed by atoms with Gasteiger partial charge in [-0.1, -0.05) is 12.2 Å². The van der Waals surface area contributed by atoms with Crippen molar-refractivity contribution in [1.82, 2.24) is 9.38 Å². The third-order valence-corrected chi connectivity index (χ3v) is 7.30. The van der Waals surface area contributed by atoms with E-state index in [2.05, 4.69) is 0 Å². The largest absolute Gasteiger partial charge is 0.737 e. The molecule has 2 atom stereocenters. The number of aromatic nitrogens is 1. The van der Waals surface area contributed by atoms with Crippen LogP contribution in [0.3, 0.4) is 0 Å². The number of unbranched alkanes of at least 4 members (excludes halogenated alkanes) is 2. The van der Waals surface area contributed by atoms with E-state index in [0.717, 1.165) is 18.4 Å². The molecule has 0 aromatic carbocycles. The Morgan fingerprint density at radius 1 is 1.32 bits per heavy atom. The van der Waals surface area contributed by atoms with Crippen LogP contribution >= 0.6 is 0 Å². The van der Waals surface area contributed by atoms with Crippen molar-refractivity contribution in [3.63, 3.8) is 0 Å². The molecule has 1 aromatic heterocycles. The Morgan fingerprint density at radius 2 is 2.03 bits per heavy atom. The Morgan fingerprint density at radius 3 is 2.71 bits per heavy atom. The van der Waals surface area contributed by atoms with Crippen molar-refractivity contribution in [2.45, 2.75) is 97.6 Å². The fourth-order valence-electron chi connectivity index (χ4n) is 5.58. The van der Waals surface area contributed by atoms with Crippen molar-refractivity contribution in [2.75, 3.05) is 6.61 Å². The van der Waals surface area contributed by atoms with Crippen molar-refractivity contribution in [3.05, 3.63) is 53.0 Å². The number of hydrogen-bond donors (Lipinski definition) is 1. The molecule has 1 aromatic rings. The number of aliphatic hydroxyl groups is 1. The van der Waals surface area contributed by atoms with Gasteiger partial charge in [0.2, 0.25) is 0 Å². The van der Waals surface area contributed by atoms with Gasteiger partial charge in [0.1, 0.15) is 17.0 Å². The molecule has 208 valence electrons. The maximum Gasteiger partial charge on any atom is 0.737 e. The molecule has 1 fully saturated rings. The zero-order valence-electron chi connectivity index (χ0n) is 23.5. The highest BCUT2D eigenvalue weighted by molar-refractivity contribution is 6.58. The molecule has 3 aliphatic rings. The molecule has 0 saturated carbocycles. The van der Waals surface area contributed by atoms with Crippen molar-refractivity contribution in [1.29, 1.82) is 0 Å². The summed E-state index contributed by atoms with van der Waals surface area (Å²) in [7, 11) is 0. The van der Waals surface area contributed by atoms with Gasteiger partial charge in [0.05, 0.1) is 18.8 Å². The van der Waals surface area contributed by atoms with Gasteiger partial charge in [-0.05, 0) is 85.1 Å². The molecule has 4 rings (SSSR count). The van der Waals surface area contributed by atoms with Gasteiger partial charge in [0.15, 0.2) is 5.70 Å². The van der Waals surface area contributed by atoms with Crippen molar-refractivity contribution in [2.24, 2.45) is 0 Å². The van der Waals surface area contributed by atoms with E-state index < -0.39 is 36.5 Å². The quantitative estimate of drug-likeness (QED) is 0.285. The molecule has 7 nitrogen and oxygen atoms in total. The second kappa shape index (κ2) is 10.1. The van der Waals surface area contributed by atoms with E-state index in [0.29, 0.717) is 35.6 Å². The highest BCUT2D eigenvalue weighted by Gasteiger charge is 2.52. The number of aryl methyl sites for hydroxylation is 2. The molecule has 0 radical (unpaired) electrons. The second-order valence-corrected chi connectivity index (χ2v) is 11.9. The SMILES string of the molecule is Cc1cc(C)n2c1C=C1C=CC(CCCC/C=C/[C@@H](O)[C@@H]3COC(C)(C)N3C(=O)OC(C)(C)C)=[N+]1[B-]2(F)F. The van der Waals surface area contributed by atoms with Gasteiger partial charge < -0.3 is 32.2 Å². The Balaban J connectivity index is 1.33. The van der Waals surface area contributed by atoms with Crippen LogP contribution in [0.2, 0.25) is 0 Å². The summed E-state index contributed by atoms with van der Waals surface area (Å²) in [6.45, 7) is 8.78. The number of amides is 1. The first kappa shape index (κ1) is 28.3. The average Bonchev–Trinajstić information content (AvgIpc) is 3.43. The summed E-state index contributed by atoms with van der Waals surface area (Å²) in [5.74, 6) is 0. The molecule has 0 spiro atoms. The molecule has 1 N–H and O–H groups in total. The highest BCUT2D eigenvalue weighted by atomic mass is 19.2. The lowest BCUT2D eigenvalue weighted by atomic mass is 9.90. The maximum atomic E-state index is 15.5. The van der Waals surface area contributed by atoms with E-state index in [1.807, 2.05) is 19.1 Å². The number of carbonyl (C=O) groups is 1. The minimum absolute atomic E-state index is 0.201. The number of hydrogen-bond acceptors (Lipinski definition) is 4. The van der Waals surface area contributed by atoms with Crippen LogP contribution in [0.25, 0.3) is 6.08 Å². The van der Waals surface area contributed by atoms with E-state index in [4.69, 9.17) is 9.47 Å². The fraction of sp³-hybridized carbons (Fsp3) is 0.571. The average molecular weight is 531 g/mol. The van der Waals surface area contributed by atoms with Gasteiger partial charge in [0.25, 0.3) is 0 Å². The molecule has 0 bridgehead atoms. The first-order valence-electron chi connectivity index (χ1n) is 13.4. The number of nitrogens with zero attached hydrogens (tertiary/aromatic N) is 3. The molecule has 0 unspecified atom stereocenters. The maximum absolute atomic E-state index is 15.5. The number of halogens is 2. The van der Waals surface area contributed by atoms with Gasteiger partial charge in [-0.3, -0.25) is 4.90 Å². The summed E-state index contributed by atoms with van der Waals surface area (Å²) in [5.41, 5.74) is 1.61. The number of rotatable bonds is 7. The van der Waals surface area contributed by atoms with Crippen molar-refractivity contribution in [3.8, 4) is 0 Å². The van der Waals surface area contributed by atoms with Gasteiger partial charge in [-0.15, -0.1) is 0 Å². The van der Waals surface area contributed by atoms with E-state index >= 15 is 8.63 Å². The van der Waals surface area contributed by atoms with E-state index in [1.54, 1.807) is 65.8 Å². The van der Waals surface area contributed by atoms with Crippen LogP contribution in [0.4, 0.5) is 13.4 Å². The lowest BCUT2D eigenvalue weighted by Crippen LogP contribution is -2.53. The smallest absolute Gasteiger partial charge is 0.444 e. The van der Waals surface area contributed by atoms with Crippen LogP contribution in [0.5, 0.6) is 0 Å². The van der Waals surface area contributed by atoms with Crippen molar-refractivity contribution >= 4 is 24.9 Å². The number of aliphatic hydroxyl groups excluding tert-OH is 1. The second-order valence-electron chi connectivity index (χ2n) is 11.9. The van der Waals surface area contributed by atoms with Crippen LogP contribution in [-0.2, 0) is 9.47 Å². The van der Waals surface area contributed by atoms with Crippen LogP contribution in [0.15, 0.2) is 36.1 Å². The van der Waals surface area contributed by atoms with Gasteiger partial charge >= 0.3 is 13.1 Å². The normalized spacial score (nSPS) is 22.6. The third-order valence-electron chi connectivity index (χ3n) is 7.30. The molecular weight excluding hydrogens is 491 g/mol. The first-order chi connectivity index (χ1) is 17.6. The Labute approximate surface area is 224 Å². The first-order valence-corrected chi connectivity index (χ1v) is 13.4. The molecule has 38 heavy (non-hydrogen) atoms. The number of ether oxygens (including phenoxy) is 2. The van der Waals surface area contributed by atoms with Crippen LogP contribution in [-0.4, -0.2) is 67.8 Å². The summed E-state index contributed by atoms with van der Waals surface area (Å²) in [4.78, 5) is 14.2. The molecule has 1 amide bonds. The molecule has 4 heterocycles. The van der Waals surface area contributed by atoms with Gasteiger partial charge in [-0.25, -0.2) is 4.79 Å². The van der Waals surface area contributed by atoms with E-state index in [1.165, 1.54) is 13.9 Å². The Hall–Kier alpha value is -2.72. The summed E-state index contributed by atoms with van der Waals surface area (Å²) < 4.78 is 44.7. The van der Waals surface area contributed by atoms with Gasteiger partial charge in [0, 0.05) is 30.3 Å². The Bertz CT molecular complexity index is 1220. The van der Waals surface area contributed by atoms with Gasteiger partial charge in [-0.2, -0.15) is 0 Å². The minimum atomic E-state index is -3.94. The van der Waals surface area contributed by atoms with Crippen LogP contribution < -0.4 is 0 Å². The molecular formula is C28H40BF2N3O4. The number of allylic oxidation sites excluding steroid dienone is 3. The van der Waals surface area contributed by atoms with Crippen molar-refractivity contribution < 1.29 is 32.5 Å². The highest BCUT2D eigenvalue weighted by Crippen LogP contribution is 2.35. The molecule has 10 heteroatoms. The number of carbonyl (C=O) groups excluding carboxylic acids is 1.